The van der Waals surface area contributed by atoms with Gasteiger partial charge in [0.25, 0.3) is 0 Å². The van der Waals surface area contributed by atoms with Crippen LogP contribution in [0, 0.1) is 0 Å². The highest BCUT2D eigenvalue weighted by molar-refractivity contribution is 5.93. The SMILES string of the molecule is CC(=O)c1ccccc1.CCCCCCCCCC=O. The van der Waals surface area contributed by atoms with Crippen LogP contribution in [0.4, 0.5) is 0 Å². The second-order valence-electron chi connectivity index (χ2n) is 5.00. The molecule has 0 heterocycles. The Morgan fingerprint density at radius 3 is 1.95 bits per heavy atom. The van der Waals surface area contributed by atoms with Crippen LogP contribution in [0.1, 0.15) is 75.6 Å². The van der Waals surface area contributed by atoms with Gasteiger partial charge in [0.05, 0.1) is 0 Å². The van der Waals surface area contributed by atoms with Crippen molar-refractivity contribution in [3.63, 3.8) is 0 Å². The molecule has 112 valence electrons. The standard InChI is InChI=1S/C10H20O.C8H8O/c1-2-3-4-5-6-7-8-9-10-11;1-7(9)8-5-3-2-4-6-8/h10H,2-9H2,1H3;2-6H,1H3. The molecule has 1 aromatic carbocycles. The van der Waals surface area contributed by atoms with E-state index in [9.17, 15) is 9.59 Å². The molecule has 20 heavy (non-hydrogen) atoms. The Morgan fingerprint density at radius 1 is 0.950 bits per heavy atom. The first-order chi connectivity index (χ1) is 9.72. The van der Waals surface area contributed by atoms with Gasteiger partial charge in [0.15, 0.2) is 5.78 Å². The van der Waals surface area contributed by atoms with Crippen molar-refractivity contribution >= 4 is 12.1 Å². The predicted octanol–water partition coefficient (Wildman–Crippen LogP) is 5.22. The minimum atomic E-state index is 0.121. The van der Waals surface area contributed by atoms with E-state index >= 15 is 0 Å². The third-order valence-corrected chi connectivity index (χ3v) is 3.11. The molecule has 0 aromatic heterocycles. The molecule has 2 nitrogen and oxygen atoms in total. The number of benzene rings is 1. The smallest absolute Gasteiger partial charge is 0.159 e. The molecule has 0 saturated carbocycles. The lowest BCUT2D eigenvalue weighted by atomic mass is 10.1. The zero-order valence-corrected chi connectivity index (χ0v) is 12.9. The van der Waals surface area contributed by atoms with Crippen LogP contribution in [0.15, 0.2) is 30.3 Å². The van der Waals surface area contributed by atoms with E-state index in [2.05, 4.69) is 6.92 Å². The van der Waals surface area contributed by atoms with Crippen molar-refractivity contribution in [2.24, 2.45) is 0 Å². The van der Waals surface area contributed by atoms with Crippen LogP contribution in [-0.4, -0.2) is 12.1 Å². The van der Waals surface area contributed by atoms with Crippen molar-refractivity contribution in [3.8, 4) is 0 Å². The van der Waals surface area contributed by atoms with Gasteiger partial charge in [-0.3, -0.25) is 4.79 Å². The molecule has 1 aromatic rings. The van der Waals surface area contributed by atoms with Gasteiger partial charge in [0.2, 0.25) is 0 Å². The van der Waals surface area contributed by atoms with Crippen molar-refractivity contribution in [2.45, 2.75) is 65.2 Å². The number of carbonyl (C=O) groups excluding carboxylic acids is 2. The highest BCUT2D eigenvalue weighted by Gasteiger charge is 1.92. The summed E-state index contributed by atoms with van der Waals surface area (Å²) in [5, 5.41) is 0. The largest absolute Gasteiger partial charge is 0.303 e. The summed E-state index contributed by atoms with van der Waals surface area (Å²) in [5.41, 5.74) is 0.775. The first kappa shape index (κ1) is 18.6. The van der Waals surface area contributed by atoms with Crippen LogP contribution >= 0.6 is 0 Å². The van der Waals surface area contributed by atoms with Crippen molar-refractivity contribution in [1.82, 2.24) is 0 Å². The van der Waals surface area contributed by atoms with Crippen molar-refractivity contribution in [3.05, 3.63) is 35.9 Å². The lowest BCUT2D eigenvalue weighted by molar-refractivity contribution is -0.107. The first-order valence-corrected chi connectivity index (χ1v) is 7.72. The number of rotatable bonds is 9. The maximum atomic E-state index is 10.6. The van der Waals surface area contributed by atoms with Gasteiger partial charge in [-0.25, -0.2) is 0 Å². The number of unbranched alkanes of at least 4 members (excludes halogenated alkanes) is 7. The van der Waals surface area contributed by atoms with Crippen LogP contribution in [-0.2, 0) is 4.79 Å². The summed E-state index contributed by atoms with van der Waals surface area (Å²) in [6.07, 6.45) is 10.8. The Morgan fingerprint density at radius 2 is 1.50 bits per heavy atom. The van der Waals surface area contributed by atoms with E-state index in [1.807, 2.05) is 30.3 Å². The molecule has 0 fully saturated rings. The normalized spacial score (nSPS) is 9.50. The van der Waals surface area contributed by atoms with E-state index in [1.54, 1.807) is 6.92 Å². The third kappa shape index (κ3) is 11.6. The second kappa shape index (κ2) is 14.0. The molecule has 0 radical (unpaired) electrons. The van der Waals surface area contributed by atoms with Gasteiger partial charge >= 0.3 is 0 Å². The molecule has 0 atom stereocenters. The Bertz CT molecular complexity index is 344. The summed E-state index contributed by atoms with van der Waals surface area (Å²) in [7, 11) is 0. The highest BCUT2D eigenvalue weighted by atomic mass is 16.1. The van der Waals surface area contributed by atoms with E-state index < -0.39 is 0 Å². The van der Waals surface area contributed by atoms with Gasteiger partial charge in [-0.2, -0.15) is 0 Å². The summed E-state index contributed by atoms with van der Waals surface area (Å²) in [4.78, 5) is 20.6. The summed E-state index contributed by atoms with van der Waals surface area (Å²) in [6.45, 7) is 3.79. The summed E-state index contributed by atoms with van der Waals surface area (Å²) in [5.74, 6) is 0.121. The molecule has 0 aliphatic rings. The number of hydrogen-bond donors (Lipinski definition) is 0. The lowest BCUT2D eigenvalue weighted by Crippen LogP contribution is -1.88. The van der Waals surface area contributed by atoms with Crippen LogP contribution in [0.25, 0.3) is 0 Å². The molecular weight excluding hydrogens is 248 g/mol. The molecule has 0 bridgehead atoms. The van der Waals surface area contributed by atoms with E-state index in [0.717, 1.165) is 24.7 Å². The molecule has 2 heteroatoms. The quantitative estimate of drug-likeness (QED) is 0.352. The molecule has 0 aliphatic heterocycles. The monoisotopic (exact) mass is 276 g/mol. The van der Waals surface area contributed by atoms with Gasteiger partial charge < -0.3 is 4.79 Å². The Balaban J connectivity index is 0.000000367. The van der Waals surface area contributed by atoms with Crippen molar-refractivity contribution in [2.75, 3.05) is 0 Å². The fraction of sp³-hybridized carbons (Fsp3) is 0.556. The van der Waals surface area contributed by atoms with Gasteiger partial charge in [-0.15, -0.1) is 0 Å². The number of carbonyl (C=O) groups is 2. The number of hydrogen-bond acceptors (Lipinski definition) is 2. The van der Waals surface area contributed by atoms with Crippen LogP contribution in [0.2, 0.25) is 0 Å². The summed E-state index contributed by atoms with van der Waals surface area (Å²) in [6, 6.07) is 9.23. The maximum absolute atomic E-state index is 10.6. The molecule has 0 amide bonds. The fourth-order valence-electron chi connectivity index (χ4n) is 1.86. The Labute approximate surface area is 123 Å². The van der Waals surface area contributed by atoms with Gasteiger partial charge in [0.1, 0.15) is 6.29 Å². The van der Waals surface area contributed by atoms with Crippen molar-refractivity contribution < 1.29 is 9.59 Å². The molecule has 0 aliphatic carbocycles. The first-order valence-electron chi connectivity index (χ1n) is 7.72. The average molecular weight is 276 g/mol. The van der Waals surface area contributed by atoms with Gasteiger partial charge in [0, 0.05) is 12.0 Å². The van der Waals surface area contributed by atoms with E-state index in [4.69, 9.17) is 0 Å². The minimum absolute atomic E-state index is 0.121. The molecule has 1 rings (SSSR count). The topological polar surface area (TPSA) is 34.1 Å². The van der Waals surface area contributed by atoms with E-state index in [0.29, 0.717) is 0 Å². The molecule has 0 spiro atoms. The zero-order chi connectivity index (χ0) is 15.1. The summed E-state index contributed by atoms with van der Waals surface area (Å²) < 4.78 is 0. The molecular formula is C18H28O2. The van der Waals surface area contributed by atoms with Crippen LogP contribution in [0.5, 0.6) is 0 Å². The second-order valence-corrected chi connectivity index (χ2v) is 5.00. The van der Waals surface area contributed by atoms with Gasteiger partial charge in [-0.1, -0.05) is 75.8 Å². The van der Waals surface area contributed by atoms with Gasteiger partial charge in [-0.05, 0) is 13.3 Å². The molecule has 0 N–H and O–H groups in total. The summed E-state index contributed by atoms with van der Waals surface area (Å²) >= 11 is 0. The molecule has 0 unspecified atom stereocenters. The number of Topliss-reactive ketones (excluding diaryl/α,β-unsaturated/α-hetero) is 1. The highest BCUT2D eigenvalue weighted by Crippen LogP contribution is 2.07. The van der Waals surface area contributed by atoms with Crippen molar-refractivity contribution in [1.29, 1.82) is 0 Å². The number of ketones is 1. The predicted molar refractivity (Wildman–Crippen MR) is 85.1 cm³/mol. The zero-order valence-electron chi connectivity index (χ0n) is 12.9. The minimum Gasteiger partial charge on any atom is -0.303 e. The van der Waals surface area contributed by atoms with E-state index in [-0.39, 0.29) is 5.78 Å². The molecule has 0 saturated heterocycles. The fourth-order valence-corrected chi connectivity index (χ4v) is 1.86. The Kier molecular flexibility index (Phi) is 13.0. The lowest BCUT2D eigenvalue weighted by Gasteiger charge is -1.97. The van der Waals surface area contributed by atoms with E-state index in [1.165, 1.54) is 38.5 Å². The average Bonchev–Trinajstić information content (AvgIpc) is 2.48. The third-order valence-electron chi connectivity index (χ3n) is 3.11. The van der Waals surface area contributed by atoms with Crippen LogP contribution in [0.3, 0.4) is 0 Å². The Hall–Kier alpha value is -1.44. The van der Waals surface area contributed by atoms with Crippen LogP contribution < -0.4 is 0 Å². The maximum Gasteiger partial charge on any atom is 0.159 e. The number of aldehydes is 1.